The maximum atomic E-state index is 14.0. The minimum absolute atomic E-state index is 0.0211. The highest BCUT2D eigenvalue weighted by Crippen LogP contribution is 2.39. The normalized spacial score (nSPS) is 17.2. The smallest absolute Gasteiger partial charge is 0.335 e. The van der Waals surface area contributed by atoms with E-state index in [1.165, 1.54) is 33.8 Å². The van der Waals surface area contributed by atoms with Crippen molar-refractivity contribution in [3.8, 4) is 0 Å². The van der Waals surface area contributed by atoms with E-state index in [9.17, 15) is 32.7 Å². The van der Waals surface area contributed by atoms with Gasteiger partial charge in [0.25, 0.3) is 11.8 Å². The molecule has 13 heteroatoms. The van der Waals surface area contributed by atoms with Crippen LogP contribution in [0.3, 0.4) is 0 Å². The number of anilines is 2. The van der Waals surface area contributed by atoms with Gasteiger partial charge in [-0.3, -0.25) is 14.4 Å². The highest BCUT2D eigenvalue weighted by Gasteiger charge is 2.38. The summed E-state index contributed by atoms with van der Waals surface area (Å²) in [6, 6.07) is 19.6. The number of benzene rings is 3. The fourth-order valence-corrected chi connectivity index (χ4v) is 10.7. The third-order valence-corrected chi connectivity index (χ3v) is 13.7. The van der Waals surface area contributed by atoms with Gasteiger partial charge in [0.05, 0.1) is 21.9 Å². The van der Waals surface area contributed by atoms with Crippen molar-refractivity contribution in [3.63, 3.8) is 0 Å². The Morgan fingerprint density at radius 3 is 2.04 bits per heavy atom. The summed E-state index contributed by atoms with van der Waals surface area (Å²) < 4.78 is 29.5. The number of hydrogen-bond donors (Lipinski definition) is 4. The summed E-state index contributed by atoms with van der Waals surface area (Å²) in [5, 5.41) is 24.9. The van der Waals surface area contributed by atoms with Crippen molar-refractivity contribution in [2.24, 2.45) is 5.92 Å². The molecule has 4 aromatic rings. The van der Waals surface area contributed by atoms with Gasteiger partial charge in [0, 0.05) is 28.2 Å². The summed E-state index contributed by atoms with van der Waals surface area (Å²) >= 11 is 1.38. The van der Waals surface area contributed by atoms with Crippen molar-refractivity contribution in [3.05, 3.63) is 111 Å². The molecular weight excluding hydrogens is 727 g/mol. The van der Waals surface area contributed by atoms with E-state index in [1.54, 1.807) is 32.0 Å². The Balaban J connectivity index is 1.16. The molecular formula is C41H45N3O8S2. The van der Waals surface area contributed by atoms with Crippen molar-refractivity contribution in [2.45, 2.75) is 95.0 Å². The molecule has 0 aliphatic heterocycles. The minimum atomic E-state index is -4.03. The van der Waals surface area contributed by atoms with Crippen LogP contribution in [0.4, 0.5) is 10.7 Å². The molecule has 1 saturated carbocycles. The topological polar surface area (TPSA) is 170 Å². The lowest BCUT2D eigenvalue weighted by molar-refractivity contribution is -0.143. The van der Waals surface area contributed by atoms with Crippen LogP contribution in [0.2, 0.25) is 0 Å². The van der Waals surface area contributed by atoms with Gasteiger partial charge in [0.1, 0.15) is 5.00 Å². The monoisotopic (exact) mass is 771 g/mol. The Hall–Kier alpha value is -4.85. The number of sulfonamides is 1. The summed E-state index contributed by atoms with van der Waals surface area (Å²) in [4.78, 5) is 51.3. The second-order valence-corrected chi connectivity index (χ2v) is 17.3. The summed E-state index contributed by atoms with van der Waals surface area (Å²) in [6.07, 6.45) is 6.59. The Morgan fingerprint density at radius 1 is 0.796 bits per heavy atom. The second kappa shape index (κ2) is 16.7. The van der Waals surface area contributed by atoms with Gasteiger partial charge in [-0.25, -0.2) is 13.2 Å². The molecule has 0 atom stereocenters. The van der Waals surface area contributed by atoms with Crippen molar-refractivity contribution >= 4 is 55.8 Å². The number of aryl methyl sites for hydroxylation is 3. The lowest BCUT2D eigenvalue weighted by Crippen LogP contribution is -2.46. The summed E-state index contributed by atoms with van der Waals surface area (Å²) in [7, 11) is -4.03. The van der Waals surface area contributed by atoms with Gasteiger partial charge in [-0.05, 0) is 137 Å². The van der Waals surface area contributed by atoms with E-state index in [0.29, 0.717) is 48.4 Å². The number of aliphatic carboxylic acids is 1. The molecule has 284 valence electrons. The minimum Gasteiger partial charge on any atom is -0.481 e. The first kappa shape index (κ1) is 38.9. The molecule has 0 unspecified atom stereocenters. The van der Waals surface area contributed by atoms with E-state index >= 15 is 0 Å². The SMILES string of the molecule is CC(C)N([C@H]1CC[C@H](C(=O)O)CC1)S(=O)(=O)c1cccc(C(=O)Nc2sc3c(c2C(=O)Nc2ccc(CCc4ccc(C(=O)O)cc4)cc2)CCCC3)c1. The molecule has 1 heterocycles. The molecule has 3 aromatic carbocycles. The van der Waals surface area contributed by atoms with E-state index < -0.39 is 33.8 Å². The van der Waals surface area contributed by atoms with E-state index in [1.807, 2.05) is 36.4 Å². The number of rotatable bonds is 13. The zero-order valence-corrected chi connectivity index (χ0v) is 32.0. The lowest BCUT2D eigenvalue weighted by atomic mass is 9.86. The zero-order valence-electron chi connectivity index (χ0n) is 30.3. The Bertz CT molecular complexity index is 2140. The number of carboxylic acid groups (broad SMARTS) is 2. The summed E-state index contributed by atoms with van der Waals surface area (Å²) in [6.45, 7) is 3.59. The van der Waals surface area contributed by atoms with Gasteiger partial charge in [-0.2, -0.15) is 4.31 Å². The van der Waals surface area contributed by atoms with Crippen LogP contribution >= 0.6 is 11.3 Å². The number of aromatic carboxylic acids is 1. The van der Waals surface area contributed by atoms with Crippen molar-refractivity contribution in [1.82, 2.24) is 4.31 Å². The molecule has 0 spiro atoms. The van der Waals surface area contributed by atoms with Crippen molar-refractivity contribution in [1.29, 1.82) is 0 Å². The molecule has 2 aliphatic rings. The zero-order chi connectivity index (χ0) is 38.6. The van der Waals surface area contributed by atoms with Gasteiger partial charge in [0.2, 0.25) is 10.0 Å². The molecule has 2 amide bonds. The number of thiophene rings is 1. The van der Waals surface area contributed by atoms with Gasteiger partial charge in [-0.1, -0.05) is 30.3 Å². The number of nitrogens with one attached hydrogen (secondary N) is 2. The number of carbonyl (C=O) groups is 4. The number of amides is 2. The number of carboxylic acids is 2. The predicted molar refractivity (Wildman–Crippen MR) is 208 cm³/mol. The molecule has 0 saturated heterocycles. The van der Waals surface area contributed by atoms with Gasteiger partial charge in [0.15, 0.2) is 0 Å². The molecule has 54 heavy (non-hydrogen) atoms. The van der Waals surface area contributed by atoms with Crippen LogP contribution in [0.1, 0.15) is 105 Å². The highest BCUT2D eigenvalue weighted by molar-refractivity contribution is 7.89. The van der Waals surface area contributed by atoms with E-state index in [2.05, 4.69) is 10.6 Å². The van der Waals surface area contributed by atoms with Crippen molar-refractivity contribution < 1.29 is 37.8 Å². The van der Waals surface area contributed by atoms with Crippen LogP contribution in [0.15, 0.2) is 77.7 Å². The first-order valence-corrected chi connectivity index (χ1v) is 20.6. The lowest BCUT2D eigenvalue weighted by Gasteiger charge is -2.37. The number of nitrogens with zero attached hydrogens (tertiary/aromatic N) is 1. The molecule has 1 aromatic heterocycles. The summed E-state index contributed by atoms with van der Waals surface area (Å²) in [5.41, 5.74) is 4.42. The van der Waals surface area contributed by atoms with E-state index in [-0.39, 0.29) is 34.0 Å². The fourth-order valence-electron chi connectivity index (χ4n) is 7.51. The van der Waals surface area contributed by atoms with Gasteiger partial charge >= 0.3 is 11.9 Å². The van der Waals surface area contributed by atoms with Gasteiger partial charge in [-0.15, -0.1) is 11.3 Å². The molecule has 1 fully saturated rings. The van der Waals surface area contributed by atoms with Crippen LogP contribution < -0.4 is 10.6 Å². The second-order valence-electron chi connectivity index (χ2n) is 14.3. The quantitative estimate of drug-likeness (QED) is 0.107. The number of fused-ring (bicyclic) bond motifs is 1. The third kappa shape index (κ3) is 8.75. The third-order valence-electron chi connectivity index (χ3n) is 10.3. The standard InChI is InChI=1S/C41H45N3O8S2/c1-25(2)44(32-22-18-29(19-23-32)41(49)50)54(51,52)33-7-5-6-30(24-33)37(45)43-39-36(34-8-3-4-9-35(34)53-39)38(46)42-31-20-14-27(15-21-31)11-10-26-12-16-28(17-13-26)40(47)48/h5-7,12-17,20-21,24-25,29,32H,3-4,8-11,18-19,22-23H2,1-2H3,(H,42,46)(H,43,45)(H,47,48)(H,49,50)/t29-,32-. The van der Waals surface area contributed by atoms with E-state index in [0.717, 1.165) is 53.7 Å². The predicted octanol–water partition coefficient (Wildman–Crippen LogP) is 7.66. The molecule has 11 nitrogen and oxygen atoms in total. The van der Waals surface area contributed by atoms with Gasteiger partial charge < -0.3 is 20.8 Å². The average Bonchev–Trinajstić information content (AvgIpc) is 3.52. The largest absolute Gasteiger partial charge is 0.481 e. The Kier molecular flexibility index (Phi) is 12.0. The maximum absolute atomic E-state index is 14.0. The molecule has 4 N–H and O–H groups in total. The van der Waals surface area contributed by atoms with Crippen LogP contribution in [0.25, 0.3) is 0 Å². The Morgan fingerprint density at radius 2 is 1.43 bits per heavy atom. The first-order valence-electron chi connectivity index (χ1n) is 18.4. The first-order chi connectivity index (χ1) is 25.8. The molecule has 0 bridgehead atoms. The molecule has 0 radical (unpaired) electrons. The maximum Gasteiger partial charge on any atom is 0.335 e. The summed E-state index contributed by atoms with van der Waals surface area (Å²) in [5.74, 6) is -3.16. The van der Waals surface area contributed by atoms with E-state index in [4.69, 9.17) is 5.11 Å². The van der Waals surface area contributed by atoms with Crippen LogP contribution in [0, 0.1) is 5.92 Å². The number of hydrogen-bond acceptors (Lipinski definition) is 7. The van der Waals surface area contributed by atoms with Crippen LogP contribution in [0.5, 0.6) is 0 Å². The highest BCUT2D eigenvalue weighted by atomic mass is 32.2. The fraction of sp³-hybridized carbons (Fsp3) is 0.366. The molecule has 6 rings (SSSR count). The Labute approximate surface area is 319 Å². The molecule has 2 aliphatic carbocycles. The van der Waals surface area contributed by atoms with Crippen LogP contribution in [-0.4, -0.2) is 58.8 Å². The average molecular weight is 772 g/mol. The number of carbonyl (C=O) groups excluding carboxylic acids is 2. The van der Waals surface area contributed by atoms with Crippen LogP contribution in [-0.2, 0) is 40.5 Å². The van der Waals surface area contributed by atoms with Crippen molar-refractivity contribution in [2.75, 3.05) is 10.6 Å².